The van der Waals surface area contributed by atoms with E-state index >= 15 is 0 Å². The van der Waals surface area contributed by atoms with Gasteiger partial charge in [0, 0.05) is 29.9 Å². The summed E-state index contributed by atoms with van der Waals surface area (Å²) in [6.45, 7) is 0.718. The first-order valence-electron chi connectivity index (χ1n) is 4.76. The molecule has 0 unspecified atom stereocenters. The minimum atomic E-state index is -3.28. The summed E-state index contributed by atoms with van der Waals surface area (Å²) in [5, 5.41) is 11.9. The number of halogens is 1. The maximum Gasteiger partial charge on any atom is 0.175 e. The first-order chi connectivity index (χ1) is 7.46. The molecule has 0 amide bonds. The van der Waals surface area contributed by atoms with Gasteiger partial charge in [-0.05, 0) is 12.1 Å². The van der Waals surface area contributed by atoms with Crippen molar-refractivity contribution in [3.05, 3.63) is 28.8 Å². The van der Waals surface area contributed by atoms with Crippen LogP contribution in [0.1, 0.15) is 5.56 Å². The smallest absolute Gasteiger partial charge is 0.175 e. The second kappa shape index (κ2) is 5.63. The van der Waals surface area contributed by atoms with Gasteiger partial charge in [-0.25, -0.2) is 8.42 Å². The second-order valence-corrected chi connectivity index (χ2v) is 5.78. The zero-order valence-electron chi connectivity index (χ0n) is 8.90. The van der Waals surface area contributed by atoms with E-state index < -0.39 is 9.84 Å². The van der Waals surface area contributed by atoms with Crippen LogP contribution in [-0.2, 0) is 16.4 Å². The zero-order valence-corrected chi connectivity index (χ0v) is 10.5. The van der Waals surface area contributed by atoms with E-state index in [1.807, 2.05) is 0 Å². The summed E-state index contributed by atoms with van der Waals surface area (Å²) < 4.78 is 23.0. The zero-order chi connectivity index (χ0) is 12.2. The molecule has 0 atom stereocenters. The maximum absolute atomic E-state index is 11.5. The third-order valence-electron chi connectivity index (χ3n) is 2.07. The van der Waals surface area contributed by atoms with Gasteiger partial charge in [0.15, 0.2) is 9.84 Å². The van der Waals surface area contributed by atoms with Gasteiger partial charge in [-0.3, -0.25) is 0 Å². The number of nitrogens with one attached hydrogen (secondary N) is 1. The Kier molecular flexibility index (Phi) is 4.73. The summed E-state index contributed by atoms with van der Waals surface area (Å²) in [5.41, 5.74) is 0.542. The topological polar surface area (TPSA) is 66.4 Å². The summed E-state index contributed by atoms with van der Waals surface area (Å²) in [5.74, 6) is 0. The highest BCUT2D eigenvalue weighted by Crippen LogP contribution is 2.23. The summed E-state index contributed by atoms with van der Waals surface area (Å²) in [4.78, 5) is 0.227. The molecular formula is C10H14ClNO3S. The van der Waals surface area contributed by atoms with Gasteiger partial charge in [-0.2, -0.15) is 0 Å². The molecule has 0 aliphatic heterocycles. The molecule has 0 spiro atoms. The lowest BCUT2D eigenvalue weighted by Crippen LogP contribution is -2.19. The molecule has 4 nitrogen and oxygen atoms in total. The van der Waals surface area contributed by atoms with Crippen molar-refractivity contribution in [1.29, 1.82) is 0 Å². The molecule has 0 aromatic heterocycles. The Labute approximate surface area is 100 Å². The van der Waals surface area contributed by atoms with Crippen LogP contribution in [0.3, 0.4) is 0 Å². The van der Waals surface area contributed by atoms with Crippen LogP contribution in [0.5, 0.6) is 0 Å². The van der Waals surface area contributed by atoms with Crippen molar-refractivity contribution in [2.45, 2.75) is 11.4 Å². The summed E-state index contributed by atoms with van der Waals surface area (Å²) in [7, 11) is -3.28. The Balaban J connectivity index is 3.05. The van der Waals surface area contributed by atoms with Crippen LogP contribution >= 0.6 is 11.6 Å². The fourth-order valence-corrected chi connectivity index (χ4v) is 2.60. The molecule has 1 aromatic rings. The molecule has 1 aromatic carbocycles. The van der Waals surface area contributed by atoms with E-state index in [-0.39, 0.29) is 11.5 Å². The Morgan fingerprint density at radius 2 is 2.12 bits per heavy atom. The van der Waals surface area contributed by atoms with E-state index in [1.165, 1.54) is 6.07 Å². The number of aliphatic hydroxyl groups is 1. The molecule has 0 saturated heterocycles. The van der Waals surface area contributed by atoms with Crippen LogP contribution in [0.4, 0.5) is 0 Å². The van der Waals surface area contributed by atoms with Crippen LogP contribution < -0.4 is 5.32 Å². The van der Waals surface area contributed by atoms with Gasteiger partial charge in [-0.15, -0.1) is 0 Å². The van der Waals surface area contributed by atoms with Crippen LogP contribution in [0.25, 0.3) is 0 Å². The lowest BCUT2D eigenvalue weighted by Gasteiger charge is -2.10. The van der Waals surface area contributed by atoms with Crippen molar-refractivity contribution >= 4 is 21.4 Å². The van der Waals surface area contributed by atoms with Crippen molar-refractivity contribution in [3.63, 3.8) is 0 Å². The average molecular weight is 264 g/mol. The number of sulfone groups is 1. The van der Waals surface area contributed by atoms with Crippen LogP contribution in [-0.4, -0.2) is 32.9 Å². The highest BCUT2D eigenvalue weighted by atomic mass is 35.5. The largest absolute Gasteiger partial charge is 0.395 e. The molecule has 0 radical (unpaired) electrons. The third-order valence-corrected chi connectivity index (χ3v) is 3.60. The molecule has 0 aliphatic rings. The Morgan fingerprint density at radius 1 is 1.44 bits per heavy atom. The fraction of sp³-hybridized carbons (Fsp3) is 0.400. The molecule has 2 N–H and O–H groups in total. The maximum atomic E-state index is 11.5. The molecule has 0 saturated carbocycles. The molecular weight excluding hydrogens is 250 g/mol. The fourth-order valence-electron chi connectivity index (χ4n) is 1.35. The number of rotatable bonds is 5. The van der Waals surface area contributed by atoms with E-state index in [0.29, 0.717) is 23.7 Å². The monoisotopic (exact) mass is 263 g/mol. The van der Waals surface area contributed by atoms with Crippen molar-refractivity contribution in [1.82, 2.24) is 5.32 Å². The van der Waals surface area contributed by atoms with Gasteiger partial charge in [0.2, 0.25) is 0 Å². The van der Waals surface area contributed by atoms with E-state index in [9.17, 15) is 8.42 Å². The van der Waals surface area contributed by atoms with Gasteiger partial charge in [0.05, 0.1) is 11.5 Å². The van der Waals surface area contributed by atoms with Crippen LogP contribution in [0.2, 0.25) is 5.02 Å². The van der Waals surface area contributed by atoms with E-state index in [2.05, 4.69) is 5.32 Å². The Hall–Kier alpha value is -0.620. The van der Waals surface area contributed by atoms with Gasteiger partial charge in [-0.1, -0.05) is 17.7 Å². The predicted molar refractivity (Wildman–Crippen MR) is 63.4 cm³/mol. The second-order valence-electron chi connectivity index (χ2n) is 3.39. The highest BCUT2D eigenvalue weighted by molar-refractivity contribution is 7.90. The normalized spacial score (nSPS) is 11.7. The molecule has 90 valence electrons. The molecule has 6 heteroatoms. The van der Waals surface area contributed by atoms with Crippen molar-refractivity contribution in [3.8, 4) is 0 Å². The summed E-state index contributed by atoms with van der Waals surface area (Å²) in [6.07, 6.45) is 1.15. The van der Waals surface area contributed by atoms with Gasteiger partial charge in [0.25, 0.3) is 0 Å². The minimum Gasteiger partial charge on any atom is -0.395 e. The summed E-state index contributed by atoms with van der Waals surface area (Å²) >= 11 is 5.95. The van der Waals surface area contributed by atoms with Crippen molar-refractivity contribution < 1.29 is 13.5 Å². The standard InChI is InChI=1S/C10H14ClNO3S/c1-16(14,15)10-4-2-3-9(11)8(10)7-12-5-6-13/h2-4,12-13H,5-7H2,1H3. The number of aliphatic hydroxyl groups excluding tert-OH is 1. The lowest BCUT2D eigenvalue weighted by atomic mass is 10.2. The first-order valence-corrected chi connectivity index (χ1v) is 7.02. The Morgan fingerprint density at radius 3 is 2.69 bits per heavy atom. The first kappa shape index (κ1) is 13.4. The minimum absolute atomic E-state index is 0.00133. The predicted octanol–water partition coefficient (Wildman–Crippen LogP) is 0.825. The van der Waals surface area contributed by atoms with Gasteiger partial charge >= 0.3 is 0 Å². The molecule has 0 aliphatic carbocycles. The number of hydrogen-bond acceptors (Lipinski definition) is 4. The average Bonchev–Trinajstić information content (AvgIpc) is 2.19. The molecule has 1 rings (SSSR count). The third kappa shape index (κ3) is 3.45. The van der Waals surface area contributed by atoms with E-state index in [4.69, 9.17) is 16.7 Å². The van der Waals surface area contributed by atoms with Gasteiger partial charge in [0.1, 0.15) is 0 Å². The quantitative estimate of drug-likeness (QED) is 0.772. The molecule has 0 heterocycles. The number of hydrogen-bond donors (Lipinski definition) is 2. The number of benzene rings is 1. The summed E-state index contributed by atoms with van der Waals surface area (Å²) in [6, 6.07) is 4.78. The Bertz CT molecular complexity index is 459. The molecule has 16 heavy (non-hydrogen) atoms. The van der Waals surface area contributed by atoms with E-state index in [1.54, 1.807) is 12.1 Å². The molecule has 0 fully saturated rings. The van der Waals surface area contributed by atoms with Crippen LogP contribution in [0.15, 0.2) is 23.1 Å². The van der Waals surface area contributed by atoms with E-state index in [0.717, 1.165) is 6.26 Å². The SMILES string of the molecule is CS(=O)(=O)c1cccc(Cl)c1CNCCO. The van der Waals surface area contributed by atoms with Crippen LogP contribution in [0, 0.1) is 0 Å². The molecule has 0 bridgehead atoms. The van der Waals surface area contributed by atoms with Crippen molar-refractivity contribution in [2.75, 3.05) is 19.4 Å². The van der Waals surface area contributed by atoms with Gasteiger partial charge < -0.3 is 10.4 Å². The lowest BCUT2D eigenvalue weighted by molar-refractivity contribution is 0.292. The highest BCUT2D eigenvalue weighted by Gasteiger charge is 2.15. The van der Waals surface area contributed by atoms with Crippen molar-refractivity contribution in [2.24, 2.45) is 0 Å².